The first-order valence-electron chi connectivity index (χ1n) is 1.05. The van der Waals surface area contributed by atoms with Gasteiger partial charge in [0.1, 0.15) is 5.33 Å². The number of rotatable bonds is 1. The van der Waals surface area contributed by atoms with Crippen LogP contribution in [0.5, 0.6) is 0 Å². The number of hydrogen-bond donors (Lipinski definition) is 1. The predicted octanol–water partition coefficient (Wildman–Crippen LogP) is 0.463. The number of halogens is 1. The zero-order valence-corrected chi connectivity index (χ0v) is 7.70. The third kappa shape index (κ3) is 8.82. The van der Waals surface area contributed by atoms with E-state index in [4.69, 9.17) is 5.11 Å². The standard InChI is InChI=1S/C2H3BrO2.Zn/c3-1-2(4)5;/h1H2,(H,4,5);. The second-order valence-corrected chi connectivity index (χ2v) is 1.09. The van der Waals surface area contributed by atoms with Gasteiger partial charge in [0.25, 0.3) is 0 Å². The Morgan fingerprint density at radius 3 is 2.00 bits per heavy atom. The molecule has 1 N–H and O–H groups in total. The van der Waals surface area contributed by atoms with Crippen molar-refractivity contribution in [1.29, 1.82) is 0 Å². The summed E-state index contributed by atoms with van der Waals surface area (Å²) in [5.74, 6) is -0.829. The molecule has 4 heteroatoms. The molecule has 0 bridgehead atoms. The van der Waals surface area contributed by atoms with Gasteiger partial charge in [-0.2, -0.15) is 0 Å². The van der Waals surface area contributed by atoms with Crippen LogP contribution in [0.25, 0.3) is 0 Å². The van der Waals surface area contributed by atoms with E-state index in [0.717, 1.165) is 0 Å². The van der Waals surface area contributed by atoms with Crippen molar-refractivity contribution in [1.82, 2.24) is 0 Å². The average molecular weight is 204 g/mol. The molecule has 0 atom stereocenters. The smallest absolute Gasteiger partial charge is 0.314 e. The summed E-state index contributed by atoms with van der Waals surface area (Å²) in [4.78, 5) is 9.32. The summed E-state index contributed by atoms with van der Waals surface area (Å²) in [5, 5.41) is 7.71. The Kier molecular flexibility index (Phi) is 9.07. The summed E-state index contributed by atoms with van der Waals surface area (Å²) >= 11 is 2.71. The summed E-state index contributed by atoms with van der Waals surface area (Å²) in [6.45, 7) is 0. The fraction of sp³-hybridized carbons (Fsp3) is 0.500. The molecule has 0 aliphatic heterocycles. The zero-order chi connectivity index (χ0) is 4.28. The van der Waals surface area contributed by atoms with Crippen LogP contribution in [0, 0.1) is 0 Å². The normalized spacial score (nSPS) is 6.17. The van der Waals surface area contributed by atoms with Crippen molar-refractivity contribution in [3.63, 3.8) is 0 Å². The zero-order valence-electron chi connectivity index (χ0n) is 3.15. The molecule has 32 valence electrons. The van der Waals surface area contributed by atoms with Gasteiger partial charge >= 0.3 is 5.97 Å². The van der Waals surface area contributed by atoms with Crippen molar-refractivity contribution >= 4 is 21.9 Å². The van der Waals surface area contributed by atoms with Gasteiger partial charge in [-0.15, -0.1) is 0 Å². The van der Waals surface area contributed by atoms with Crippen molar-refractivity contribution in [2.75, 3.05) is 5.33 Å². The second-order valence-electron chi connectivity index (χ2n) is 0.527. The Morgan fingerprint density at radius 2 is 2.00 bits per heavy atom. The molecular formula is C2H3BrO2Zn. The van der Waals surface area contributed by atoms with E-state index in [0.29, 0.717) is 0 Å². The van der Waals surface area contributed by atoms with Gasteiger partial charge in [0.2, 0.25) is 0 Å². The van der Waals surface area contributed by atoms with E-state index in [-0.39, 0.29) is 24.8 Å². The molecule has 0 aromatic rings. The number of hydrogen-bond acceptors (Lipinski definition) is 1. The van der Waals surface area contributed by atoms with Crippen LogP contribution in [0.4, 0.5) is 0 Å². The van der Waals surface area contributed by atoms with Gasteiger partial charge in [0, 0.05) is 19.5 Å². The second kappa shape index (κ2) is 5.57. The quantitative estimate of drug-likeness (QED) is 0.498. The van der Waals surface area contributed by atoms with Crippen LogP contribution in [0.1, 0.15) is 0 Å². The molecule has 6 heavy (non-hydrogen) atoms. The first kappa shape index (κ1) is 9.76. The van der Waals surface area contributed by atoms with E-state index in [1.165, 1.54) is 0 Å². The van der Waals surface area contributed by atoms with Gasteiger partial charge in [-0.25, -0.2) is 0 Å². The molecule has 0 spiro atoms. The summed E-state index contributed by atoms with van der Waals surface area (Å²) in [6.07, 6.45) is 0. The molecule has 0 heterocycles. The van der Waals surface area contributed by atoms with Crippen LogP contribution in [0.2, 0.25) is 0 Å². The van der Waals surface area contributed by atoms with Crippen molar-refractivity contribution in [3.8, 4) is 0 Å². The summed E-state index contributed by atoms with van der Waals surface area (Å²) in [6, 6.07) is 0. The maximum Gasteiger partial charge on any atom is 0.314 e. The molecule has 0 saturated carbocycles. The molecule has 0 radical (unpaired) electrons. The molecule has 0 aliphatic carbocycles. The molecule has 0 saturated heterocycles. The van der Waals surface area contributed by atoms with E-state index >= 15 is 0 Å². The largest absolute Gasteiger partial charge is 0.481 e. The number of aliphatic carboxylic acids is 1. The predicted molar refractivity (Wildman–Crippen MR) is 21.4 cm³/mol. The van der Waals surface area contributed by atoms with Gasteiger partial charge in [0.15, 0.2) is 0 Å². The summed E-state index contributed by atoms with van der Waals surface area (Å²) < 4.78 is 0. The SMILES string of the molecule is O=C(O)CBr.[Zn]. The Bertz CT molecular complexity index is 46.8. The van der Waals surface area contributed by atoms with E-state index in [2.05, 4.69) is 15.9 Å². The summed E-state index contributed by atoms with van der Waals surface area (Å²) in [7, 11) is 0. The minimum Gasteiger partial charge on any atom is -0.481 e. The Hall–Kier alpha value is 0.573. The van der Waals surface area contributed by atoms with Crippen LogP contribution in [0.15, 0.2) is 0 Å². The van der Waals surface area contributed by atoms with Crippen molar-refractivity contribution in [3.05, 3.63) is 0 Å². The number of alkyl halides is 1. The molecule has 2 nitrogen and oxygen atoms in total. The van der Waals surface area contributed by atoms with Crippen LogP contribution >= 0.6 is 15.9 Å². The number of carboxylic acid groups (broad SMARTS) is 1. The Balaban J connectivity index is 0. The molecule has 0 unspecified atom stereocenters. The molecule has 0 fully saturated rings. The minimum absolute atomic E-state index is 0. The Morgan fingerprint density at radius 1 is 1.83 bits per heavy atom. The third-order valence-electron chi connectivity index (χ3n) is 0.114. The van der Waals surface area contributed by atoms with Crippen LogP contribution in [-0.2, 0) is 24.3 Å². The van der Waals surface area contributed by atoms with Gasteiger partial charge in [0.05, 0.1) is 0 Å². The number of carbonyl (C=O) groups is 1. The maximum atomic E-state index is 9.32. The first-order valence-corrected chi connectivity index (χ1v) is 2.17. The molecule has 0 amide bonds. The minimum atomic E-state index is -0.829. The molecular weight excluding hydrogens is 201 g/mol. The van der Waals surface area contributed by atoms with Gasteiger partial charge in [-0.3, -0.25) is 4.79 Å². The molecule has 0 aromatic heterocycles. The van der Waals surface area contributed by atoms with Gasteiger partial charge < -0.3 is 5.11 Å². The van der Waals surface area contributed by atoms with E-state index in [9.17, 15) is 4.79 Å². The summed E-state index contributed by atoms with van der Waals surface area (Å²) in [5.41, 5.74) is 0. The van der Waals surface area contributed by atoms with Gasteiger partial charge in [-0.1, -0.05) is 15.9 Å². The van der Waals surface area contributed by atoms with E-state index < -0.39 is 5.97 Å². The maximum absolute atomic E-state index is 9.32. The topological polar surface area (TPSA) is 37.3 Å². The van der Waals surface area contributed by atoms with Crippen molar-refractivity contribution in [2.45, 2.75) is 0 Å². The first-order chi connectivity index (χ1) is 2.27. The fourth-order valence-electron chi connectivity index (χ4n) is 0. The van der Waals surface area contributed by atoms with Crippen molar-refractivity contribution in [2.24, 2.45) is 0 Å². The molecule has 0 aliphatic rings. The Labute approximate surface area is 56.8 Å². The fourth-order valence-corrected chi connectivity index (χ4v) is 0. The average Bonchev–Trinajstić information content (AvgIpc) is 1.38. The van der Waals surface area contributed by atoms with Crippen LogP contribution in [-0.4, -0.2) is 16.4 Å². The molecule has 0 aromatic carbocycles. The third-order valence-corrected chi connectivity index (χ3v) is 0.594. The monoisotopic (exact) mass is 202 g/mol. The van der Waals surface area contributed by atoms with E-state index in [1.807, 2.05) is 0 Å². The van der Waals surface area contributed by atoms with Gasteiger partial charge in [-0.05, 0) is 0 Å². The van der Waals surface area contributed by atoms with Crippen LogP contribution in [0.3, 0.4) is 0 Å². The van der Waals surface area contributed by atoms with Crippen LogP contribution < -0.4 is 0 Å². The number of carboxylic acids is 1. The van der Waals surface area contributed by atoms with E-state index in [1.54, 1.807) is 0 Å². The molecule has 0 rings (SSSR count). The van der Waals surface area contributed by atoms with Crippen molar-refractivity contribution < 1.29 is 29.4 Å².